The van der Waals surface area contributed by atoms with Crippen LogP contribution in [0.1, 0.15) is 0 Å². The summed E-state index contributed by atoms with van der Waals surface area (Å²) in [7, 11) is 0. The fraction of sp³-hybridized carbons (Fsp3) is 0.667. The summed E-state index contributed by atoms with van der Waals surface area (Å²) < 4.78 is 68.2. The van der Waals surface area contributed by atoms with Crippen molar-refractivity contribution < 1.29 is 31.5 Å². The predicted octanol–water partition coefficient (Wildman–Crippen LogP) is 2.59. The van der Waals surface area contributed by atoms with Gasteiger partial charge in [-0.25, -0.2) is 0 Å². The fourth-order valence-corrected chi connectivity index (χ4v) is 0.620. The standard InChI is InChI=1S/C3HF6NOS/c4-2(5,6)1(10-11)12-3(7,8)9/h11H. The molecule has 0 atom stereocenters. The number of hydrogen-bond acceptors (Lipinski definition) is 3. The van der Waals surface area contributed by atoms with Crippen molar-refractivity contribution in [1.82, 2.24) is 0 Å². The Hall–Kier alpha value is -0.600. The van der Waals surface area contributed by atoms with Crippen LogP contribution in [0.3, 0.4) is 0 Å². The molecule has 0 saturated heterocycles. The van der Waals surface area contributed by atoms with E-state index in [9.17, 15) is 26.3 Å². The van der Waals surface area contributed by atoms with Gasteiger partial charge in [0, 0.05) is 11.8 Å². The predicted molar refractivity (Wildman–Crippen MR) is 28.9 cm³/mol. The van der Waals surface area contributed by atoms with Crippen molar-refractivity contribution in [2.75, 3.05) is 0 Å². The van der Waals surface area contributed by atoms with E-state index in [1.807, 2.05) is 0 Å². The van der Waals surface area contributed by atoms with Crippen LogP contribution in [0.5, 0.6) is 0 Å². The topological polar surface area (TPSA) is 32.6 Å². The van der Waals surface area contributed by atoms with Crippen LogP contribution in [-0.2, 0) is 0 Å². The Morgan fingerprint density at radius 2 is 1.50 bits per heavy atom. The van der Waals surface area contributed by atoms with Gasteiger partial charge in [-0.3, -0.25) is 0 Å². The molecule has 0 heterocycles. The highest BCUT2D eigenvalue weighted by molar-refractivity contribution is 8.14. The van der Waals surface area contributed by atoms with Gasteiger partial charge in [0.05, 0.1) is 0 Å². The van der Waals surface area contributed by atoms with Gasteiger partial charge in [-0.2, -0.15) is 26.3 Å². The molecule has 0 aliphatic carbocycles. The zero-order valence-electron chi connectivity index (χ0n) is 5.07. The highest BCUT2D eigenvalue weighted by atomic mass is 32.2. The first-order valence-corrected chi connectivity index (χ1v) is 3.03. The SMILES string of the molecule is ON=C(SC(F)(F)F)C(F)(F)F. The molecule has 2 nitrogen and oxygen atoms in total. The lowest BCUT2D eigenvalue weighted by molar-refractivity contribution is -0.0604. The minimum absolute atomic E-state index is 1.48. The van der Waals surface area contributed by atoms with Crippen molar-refractivity contribution in [1.29, 1.82) is 0 Å². The molecule has 0 aromatic rings. The van der Waals surface area contributed by atoms with E-state index in [4.69, 9.17) is 5.21 Å². The number of oxime groups is 1. The largest absolute Gasteiger partial charge is 0.447 e. The minimum atomic E-state index is -5.28. The van der Waals surface area contributed by atoms with Gasteiger partial charge in [-0.05, 0) is 0 Å². The number of alkyl halides is 6. The Labute approximate surface area is 66.2 Å². The van der Waals surface area contributed by atoms with Gasteiger partial charge in [0.1, 0.15) is 0 Å². The van der Waals surface area contributed by atoms with Crippen LogP contribution < -0.4 is 0 Å². The van der Waals surface area contributed by atoms with E-state index >= 15 is 0 Å². The second kappa shape index (κ2) is 3.42. The first-order valence-electron chi connectivity index (χ1n) is 2.22. The van der Waals surface area contributed by atoms with Crippen LogP contribution >= 0.6 is 11.8 Å². The molecule has 0 saturated carbocycles. The maximum Gasteiger partial charge on any atom is 0.447 e. The number of hydrogen-bond donors (Lipinski definition) is 1. The Balaban J connectivity index is 4.43. The molecule has 0 bridgehead atoms. The quantitative estimate of drug-likeness (QED) is 0.220. The molecule has 12 heavy (non-hydrogen) atoms. The lowest BCUT2D eigenvalue weighted by Gasteiger charge is -2.09. The van der Waals surface area contributed by atoms with Crippen LogP contribution in [0.15, 0.2) is 5.16 Å². The molecule has 0 amide bonds. The Morgan fingerprint density at radius 1 is 1.08 bits per heavy atom. The van der Waals surface area contributed by atoms with E-state index in [0.717, 1.165) is 0 Å². The van der Waals surface area contributed by atoms with Gasteiger partial charge in [-0.15, -0.1) is 0 Å². The van der Waals surface area contributed by atoms with Gasteiger partial charge < -0.3 is 5.21 Å². The molecular formula is C3HF6NOS. The van der Waals surface area contributed by atoms with Crippen LogP contribution in [-0.4, -0.2) is 21.9 Å². The third-order valence-electron chi connectivity index (χ3n) is 0.546. The second-order valence-electron chi connectivity index (χ2n) is 1.45. The summed E-state index contributed by atoms with van der Waals surface area (Å²) in [5, 5.41) is 6.71. The van der Waals surface area contributed by atoms with Gasteiger partial charge in [0.15, 0.2) is 0 Å². The summed E-state index contributed by atoms with van der Waals surface area (Å²) in [6.07, 6.45) is -5.28. The Kier molecular flexibility index (Phi) is 3.25. The number of thioether (sulfide) groups is 1. The monoisotopic (exact) mass is 213 g/mol. The van der Waals surface area contributed by atoms with Crippen molar-refractivity contribution in [3.05, 3.63) is 0 Å². The van der Waals surface area contributed by atoms with E-state index in [2.05, 4.69) is 0 Å². The smallest absolute Gasteiger partial charge is 0.410 e. The number of halogens is 6. The van der Waals surface area contributed by atoms with Crippen LogP contribution in [0.2, 0.25) is 0 Å². The second-order valence-corrected chi connectivity index (χ2v) is 2.50. The molecular weight excluding hydrogens is 212 g/mol. The molecule has 0 rings (SSSR count). The van der Waals surface area contributed by atoms with Crippen molar-refractivity contribution >= 4 is 16.8 Å². The zero-order chi connectivity index (χ0) is 9.99. The normalized spacial score (nSPS) is 15.0. The first-order chi connectivity index (χ1) is 5.17. The molecule has 0 aliphatic heterocycles. The summed E-state index contributed by atoms with van der Waals surface area (Å²) in [5.41, 5.74) is -5.11. The molecule has 0 aliphatic rings. The first kappa shape index (κ1) is 11.4. The lowest BCUT2D eigenvalue weighted by atomic mass is 10.7. The van der Waals surface area contributed by atoms with Crippen molar-refractivity contribution in [2.45, 2.75) is 11.7 Å². The molecule has 0 spiro atoms. The van der Waals surface area contributed by atoms with E-state index < -0.39 is 28.5 Å². The fourth-order valence-electron chi connectivity index (χ4n) is 0.245. The lowest BCUT2D eigenvalue weighted by Crippen LogP contribution is -2.23. The minimum Gasteiger partial charge on any atom is -0.410 e. The Morgan fingerprint density at radius 3 is 1.58 bits per heavy atom. The third-order valence-corrected chi connectivity index (χ3v) is 1.28. The molecule has 0 aromatic carbocycles. The average molecular weight is 213 g/mol. The van der Waals surface area contributed by atoms with Crippen LogP contribution in [0, 0.1) is 0 Å². The van der Waals surface area contributed by atoms with Crippen LogP contribution in [0.25, 0.3) is 0 Å². The molecule has 0 fully saturated rings. The van der Waals surface area contributed by atoms with E-state index in [0.29, 0.717) is 0 Å². The molecule has 0 unspecified atom stereocenters. The maximum atomic E-state index is 11.4. The summed E-state index contributed by atoms with van der Waals surface area (Å²) in [6, 6.07) is 0. The third kappa shape index (κ3) is 4.31. The average Bonchev–Trinajstić information content (AvgIpc) is 1.78. The summed E-state index contributed by atoms with van der Waals surface area (Å²) in [4.78, 5) is 0. The molecule has 0 radical (unpaired) electrons. The van der Waals surface area contributed by atoms with Crippen molar-refractivity contribution in [2.24, 2.45) is 5.16 Å². The molecule has 1 N–H and O–H groups in total. The molecule has 0 aromatic heterocycles. The van der Waals surface area contributed by atoms with E-state index in [1.54, 1.807) is 0 Å². The molecule has 72 valence electrons. The maximum absolute atomic E-state index is 11.4. The summed E-state index contributed by atoms with van der Waals surface area (Å²) in [5.74, 6) is 0. The van der Waals surface area contributed by atoms with Gasteiger partial charge >= 0.3 is 11.7 Å². The molecule has 9 heteroatoms. The highest BCUT2D eigenvalue weighted by Gasteiger charge is 2.45. The van der Waals surface area contributed by atoms with Gasteiger partial charge in [-0.1, -0.05) is 5.16 Å². The zero-order valence-corrected chi connectivity index (χ0v) is 5.89. The van der Waals surface area contributed by atoms with E-state index in [1.165, 1.54) is 5.16 Å². The Bertz CT molecular complexity index is 182. The van der Waals surface area contributed by atoms with Gasteiger partial charge in [0.2, 0.25) is 5.04 Å². The number of rotatable bonds is 0. The number of nitrogens with zero attached hydrogens (tertiary/aromatic N) is 1. The van der Waals surface area contributed by atoms with Crippen molar-refractivity contribution in [3.63, 3.8) is 0 Å². The van der Waals surface area contributed by atoms with E-state index in [-0.39, 0.29) is 0 Å². The summed E-state index contributed by atoms with van der Waals surface area (Å²) >= 11 is -1.52. The summed E-state index contributed by atoms with van der Waals surface area (Å²) in [6.45, 7) is 0. The van der Waals surface area contributed by atoms with Crippen LogP contribution in [0.4, 0.5) is 26.3 Å². The highest BCUT2D eigenvalue weighted by Crippen LogP contribution is 2.37. The van der Waals surface area contributed by atoms with Crippen molar-refractivity contribution in [3.8, 4) is 0 Å². The van der Waals surface area contributed by atoms with Gasteiger partial charge in [0.25, 0.3) is 0 Å².